The minimum atomic E-state index is -0.176. The maximum atomic E-state index is 12.3. The first kappa shape index (κ1) is 18.2. The fourth-order valence-corrected chi connectivity index (χ4v) is 2.98. The van der Waals surface area contributed by atoms with Gasteiger partial charge in [0.1, 0.15) is 5.75 Å². The van der Waals surface area contributed by atoms with Crippen LogP contribution in [-0.2, 0) is 6.54 Å². The van der Waals surface area contributed by atoms with E-state index < -0.39 is 0 Å². The summed E-state index contributed by atoms with van der Waals surface area (Å²) < 4.78 is 5.68. The minimum absolute atomic E-state index is 0.121. The highest BCUT2D eigenvalue weighted by molar-refractivity contribution is 5.93. The molecular formula is C20H26N4O2. The van der Waals surface area contributed by atoms with Crippen molar-refractivity contribution in [3.63, 3.8) is 0 Å². The number of ether oxygens (including phenoxy) is 1. The molecule has 1 fully saturated rings. The van der Waals surface area contributed by atoms with E-state index in [1.807, 2.05) is 38.1 Å². The Hall–Kier alpha value is -2.63. The Morgan fingerprint density at radius 2 is 1.92 bits per heavy atom. The van der Waals surface area contributed by atoms with Gasteiger partial charge in [0.25, 0.3) is 5.91 Å². The second-order valence-electron chi connectivity index (χ2n) is 6.82. The third-order valence-corrected chi connectivity index (χ3v) is 4.26. The van der Waals surface area contributed by atoms with Crippen LogP contribution in [0.3, 0.4) is 0 Å². The Kier molecular flexibility index (Phi) is 6.04. The van der Waals surface area contributed by atoms with Crippen LogP contribution in [0.4, 0.5) is 5.95 Å². The Morgan fingerprint density at radius 3 is 2.62 bits per heavy atom. The van der Waals surface area contributed by atoms with Crippen LogP contribution in [0.15, 0.2) is 36.7 Å². The molecule has 6 nitrogen and oxygen atoms in total. The van der Waals surface area contributed by atoms with E-state index in [1.165, 1.54) is 19.3 Å². The number of carbonyl (C=O) groups excluding carboxylic acids is 1. The maximum absolute atomic E-state index is 12.3. The zero-order valence-electron chi connectivity index (χ0n) is 15.4. The number of carbonyl (C=O) groups is 1. The molecule has 6 heteroatoms. The first-order valence-corrected chi connectivity index (χ1v) is 9.22. The summed E-state index contributed by atoms with van der Waals surface area (Å²) in [5.74, 6) is 1.34. The van der Waals surface area contributed by atoms with E-state index in [2.05, 4.69) is 20.2 Å². The Bertz CT molecular complexity index is 725. The predicted octanol–water partition coefficient (Wildman–Crippen LogP) is 3.18. The molecule has 1 aliphatic heterocycles. The molecule has 0 radical (unpaired) electrons. The molecule has 0 bridgehead atoms. The van der Waals surface area contributed by atoms with E-state index in [9.17, 15) is 4.79 Å². The molecule has 1 amide bonds. The molecular weight excluding hydrogens is 328 g/mol. The van der Waals surface area contributed by atoms with Gasteiger partial charge in [-0.05, 0) is 50.8 Å². The molecule has 0 spiro atoms. The highest BCUT2D eigenvalue weighted by Crippen LogP contribution is 2.16. The lowest BCUT2D eigenvalue weighted by molar-refractivity contribution is 0.0950. The average molecular weight is 354 g/mol. The summed E-state index contributed by atoms with van der Waals surface area (Å²) in [5, 5.41) is 2.91. The number of benzene rings is 1. The molecule has 138 valence electrons. The molecule has 3 rings (SSSR count). The molecule has 0 aliphatic carbocycles. The third kappa shape index (κ3) is 4.94. The topological polar surface area (TPSA) is 67.3 Å². The lowest BCUT2D eigenvalue weighted by Gasteiger charge is -2.26. The number of amides is 1. The molecule has 1 aliphatic rings. The van der Waals surface area contributed by atoms with Crippen LogP contribution in [0.5, 0.6) is 5.75 Å². The molecule has 0 atom stereocenters. The van der Waals surface area contributed by atoms with Crippen LogP contribution in [-0.4, -0.2) is 35.1 Å². The first-order chi connectivity index (χ1) is 12.6. The van der Waals surface area contributed by atoms with Crippen LogP contribution in [0.2, 0.25) is 0 Å². The largest absolute Gasteiger partial charge is 0.491 e. The quantitative estimate of drug-likeness (QED) is 0.863. The zero-order valence-corrected chi connectivity index (χ0v) is 15.4. The SMILES string of the molecule is CC(C)Oc1cccc(CNC(=O)c2cnc(N3CCCCC3)nc2)c1. The van der Waals surface area contributed by atoms with Gasteiger partial charge in [0.05, 0.1) is 11.7 Å². The number of anilines is 1. The van der Waals surface area contributed by atoms with Crippen molar-refractivity contribution >= 4 is 11.9 Å². The Morgan fingerprint density at radius 1 is 1.19 bits per heavy atom. The van der Waals surface area contributed by atoms with Gasteiger partial charge in [-0.2, -0.15) is 0 Å². The van der Waals surface area contributed by atoms with Crippen molar-refractivity contribution in [1.29, 1.82) is 0 Å². The van der Waals surface area contributed by atoms with Crippen molar-refractivity contribution in [2.45, 2.75) is 45.8 Å². The van der Waals surface area contributed by atoms with Gasteiger partial charge >= 0.3 is 0 Å². The van der Waals surface area contributed by atoms with Crippen molar-refractivity contribution < 1.29 is 9.53 Å². The monoisotopic (exact) mass is 354 g/mol. The van der Waals surface area contributed by atoms with Crippen molar-refractivity contribution in [3.8, 4) is 5.75 Å². The van der Waals surface area contributed by atoms with Crippen LogP contribution < -0.4 is 15.0 Å². The van der Waals surface area contributed by atoms with Crippen LogP contribution in [0.25, 0.3) is 0 Å². The number of nitrogens with one attached hydrogen (secondary N) is 1. The summed E-state index contributed by atoms with van der Waals surface area (Å²) in [6, 6.07) is 7.74. The molecule has 0 saturated carbocycles. The number of nitrogens with zero attached hydrogens (tertiary/aromatic N) is 3. The Labute approximate surface area is 154 Å². The molecule has 26 heavy (non-hydrogen) atoms. The highest BCUT2D eigenvalue weighted by Gasteiger charge is 2.14. The van der Waals surface area contributed by atoms with Crippen LogP contribution in [0, 0.1) is 0 Å². The van der Waals surface area contributed by atoms with E-state index in [0.717, 1.165) is 24.4 Å². The molecule has 0 unspecified atom stereocenters. The number of hydrogen-bond donors (Lipinski definition) is 1. The molecule has 2 aromatic rings. The molecule has 1 aromatic heterocycles. The lowest BCUT2D eigenvalue weighted by Crippen LogP contribution is -2.31. The normalized spacial score (nSPS) is 14.3. The second kappa shape index (κ2) is 8.65. The third-order valence-electron chi connectivity index (χ3n) is 4.26. The lowest BCUT2D eigenvalue weighted by atomic mass is 10.1. The van der Waals surface area contributed by atoms with Crippen molar-refractivity contribution in [2.24, 2.45) is 0 Å². The average Bonchev–Trinajstić information content (AvgIpc) is 2.67. The molecule has 2 heterocycles. The van der Waals surface area contributed by atoms with Gasteiger partial charge in [-0.25, -0.2) is 9.97 Å². The summed E-state index contributed by atoms with van der Waals surface area (Å²) >= 11 is 0. The van der Waals surface area contributed by atoms with Crippen LogP contribution in [0.1, 0.15) is 49.0 Å². The van der Waals surface area contributed by atoms with Gasteiger partial charge in [-0.15, -0.1) is 0 Å². The van der Waals surface area contributed by atoms with E-state index in [1.54, 1.807) is 12.4 Å². The van der Waals surface area contributed by atoms with Crippen molar-refractivity contribution in [1.82, 2.24) is 15.3 Å². The summed E-state index contributed by atoms with van der Waals surface area (Å²) in [7, 11) is 0. The van der Waals surface area contributed by atoms with Gasteiger partial charge in [-0.1, -0.05) is 12.1 Å². The smallest absolute Gasteiger partial charge is 0.254 e. The number of aromatic nitrogens is 2. The van der Waals surface area contributed by atoms with Crippen molar-refractivity contribution in [2.75, 3.05) is 18.0 Å². The standard InChI is InChI=1S/C20H26N4O2/c1-15(2)26-18-8-6-7-16(11-18)12-21-19(25)17-13-22-20(23-14-17)24-9-4-3-5-10-24/h6-8,11,13-15H,3-5,9-10,12H2,1-2H3,(H,21,25). The molecule has 1 aromatic carbocycles. The molecule has 1 N–H and O–H groups in total. The van der Waals surface area contributed by atoms with Gasteiger partial charge < -0.3 is 15.0 Å². The number of rotatable bonds is 6. The Balaban J connectivity index is 1.56. The fraction of sp³-hybridized carbons (Fsp3) is 0.450. The predicted molar refractivity (Wildman–Crippen MR) is 101 cm³/mol. The van der Waals surface area contributed by atoms with Gasteiger partial charge in [0.15, 0.2) is 0 Å². The number of hydrogen-bond acceptors (Lipinski definition) is 5. The van der Waals surface area contributed by atoms with Crippen LogP contribution >= 0.6 is 0 Å². The van der Waals surface area contributed by atoms with Gasteiger partial charge in [-0.3, -0.25) is 4.79 Å². The summed E-state index contributed by atoms with van der Waals surface area (Å²) in [5.41, 5.74) is 1.46. The van der Waals surface area contributed by atoms with E-state index >= 15 is 0 Å². The first-order valence-electron chi connectivity index (χ1n) is 9.22. The summed E-state index contributed by atoms with van der Waals surface area (Å²) in [6.45, 7) is 6.38. The number of piperidine rings is 1. The van der Waals surface area contributed by atoms with Gasteiger partial charge in [0.2, 0.25) is 5.95 Å². The summed E-state index contributed by atoms with van der Waals surface area (Å²) in [6.07, 6.45) is 6.93. The second-order valence-corrected chi connectivity index (χ2v) is 6.82. The summed E-state index contributed by atoms with van der Waals surface area (Å²) in [4.78, 5) is 23.2. The minimum Gasteiger partial charge on any atom is -0.491 e. The van der Waals surface area contributed by atoms with E-state index in [0.29, 0.717) is 18.1 Å². The fourth-order valence-electron chi connectivity index (χ4n) is 2.98. The zero-order chi connectivity index (χ0) is 18.4. The maximum Gasteiger partial charge on any atom is 0.254 e. The van der Waals surface area contributed by atoms with Gasteiger partial charge in [0, 0.05) is 32.0 Å². The van der Waals surface area contributed by atoms with E-state index in [4.69, 9.17) is 4.74 Å². The van der Waals surface area contributed by atoms with E-state index in [-0.39, 0.29) is 12.0 Å². The molecule has 1 saturated heterocycles. The highest BCUT2D eigenvalue weighted by atomic mass is 16.5. The van der Waals surface area contributed by atoms with Crippen molar-refractivity contribution in [3.05, 3.63) is 47.8 Å².